The van der Waals surface area contributed by atoms with Gasteiger partial charge in [0.05, 0.1) is 6.04 Å². The number of cyclic esters (lactones) is 1. The lowest BCUT2D eigenvalue weighted by molar-refractivity contribution is 0.0640. The highest BCUT2D eigenvalue weighted by molar-refractivity contribution is 7.80. The summed E-state index contributed by atoms with van der Waals surface area (Å²) in [5.74, 6) is -0.0377. The van der Waals surface area contributed by atoms with Crippen LogP contribution in [-0.2, 0) is 4.74 Å². The molecule has 2 aliphatic rings. The Bertz CT molecular complexity index is 976. The second-order valence-electron chi connectivity index (χ2n) is 7.96. The second-order valence-corrected chi connectivity index (χ2v) is 8.40. The minimum atomic E-state index is -0.275. The van der Waals surface area contributed by atoms with Crippen molar-refractivity contribution in [3.8, 4) is 0 Å². The lowest BCUT2D eigenvalue weighted by Gasteiger charge is -2.37. The molecule has 7 nitrogen and oxygen atoms in total. The predicted molar refractivity (Wildman–Crippen MR) is 123 cm³/mol. The van der Waals surface area contributed by atoms with Gasteiger partial charge in [-0.15, -0.1) is 0 Å². The van der Waals surface area contributed by atoms with Crippen molar-refractivity contribution in [3.63, 3.8) is 0 Å². The van der Waals surface area contributed by atoms with Crippen molar-refractivity contribution in [2.24, 2.45) is 5.73 Å². The Morgan fingerprint density at radius 2 is 1.84 bits per heavy atom. The molecule has 2 aromatic rings. The Balaban J connectivity index is 1.39. The molecule has 3 N–H and O–H groups in total. The number of nitrogens with one attached hydrogen (secondary N) is 1. The molecule has 2 atom stereocenters. The average Bonchev–Trinajstić information content (AvgIpc) is 3.07. The Morgan fingerprint density at radius 1 is 1.13 bits per heavy atom. The van der Waals surface area contributed by atoms with Gasteiger partial charge in [-0.2, -0.15) is 0 Å². The molecular weight excluding hydrogens is 412 g/mol. The fraction of sp³-hybridized carbons (Fsp3) is 0.348. The highest BCUT2D eigenvalue weighted by Crippen LogP contribution is 2.35. The van der Waals surface area contributed by atoms with Crippen LogP contribution in [0.2, 0.25) is 0 Å². The topological polar surface area (TPSA) is 87.9 Å². The van der Waals surface area contributed by atoms with Crippen LogP contribution in [0.5, 0.6) is 0 Å². The van der Waals surface area contributed by atoms with Gasteiger partial charge in [0.15, 0.2) is 5.11 Å². The molecule has 2 fully saturated rings. The van der Waals surface area contributed by atoms with E-state index in [1.54, 1.807) is 18.2 Å². The summed E-state index contributed by atoms with van der Waals surface area (Å²) in [6.45, 7) is 3.20. The van der Waals surface area contributed by atoms with E-state index in [1.807, 2.05) is 53.1 Å². The van der Waals surface area contributed by atoms with Crippen LogP contribution in [-0.4, -0.2) is 52.1 Å². The summed E-state index contributed by atoms with van der Waals surface area (Å²) in [6, 6.07) is 17.0. The van der Waals surface area contributed by atoms with Crippen LogP contribution >= 0.6 is 12.2 Å². The van der Waals surface area contributed by atoms with Crippen LogP contribution in [0.3, 0.4) is 0 Å². The number of rotatable bonds is 4. The largest absolute Gasteiger partial charge is 0.439 e. The number of anilines is 1. The molecule has 2 aromatic carbocycles. The van der Waals surface area contributed by atoms with Crippen molar-refractivity contribution in [3.05, 3.63) is 65.7 Å². The van der Waals surface area contributed by atoms with Crippen molar-refractivity contribution in [1.29, 1.82) is 0 Å². The van der Waals surface area contributed by atoms with E-state index >= 15 is 0 Å². The fourth-order valence-electron chi connectivity index (χ4n) is 4.45. The summed E-state index contributed by atoms with van der Waals surface area (Å²) >= 11 is 4.86. The minimum Gasteiger partial charge on any atom is -0.439 e. The molecule has 2 saturated heterocycles. The van der Waals surface area contributed by atoms with Crippen LogP contribution in [0.1, 0.15) is 41.8 Å². The molecule has 8 heteroatoms. The number of carbonyl (C=O) groups excluding carboxylic acids is 2. The Labute approximate surface area is 187 Å². The first-order valence-electron chi connectivity index (χ1n) is 10.4. The molecular formula is C23H26N4O3S. The van der Waals surface area contributed by atoms with Gasteiger partial charge in [-0.05, 0) is 55.7 Å². The SMILES string of the molecule is CC1C(c2ccccc2)OC(=O)N1C1CCN(C(=O)c2cccc(NC(N)=S)c2)CC1. The van der Waals surface area contributed by atoms with E-state index in [1.165, 1.54) is 0 Å². The zero-order valence-electron chi connectivity index (χ0n) is 17.4. The van der Waals surface area contributed by atoms with Crippen LogP contribution in [0.4, 0.5) is 10.5 Å². The van der Waals surface area contributed by atoms with Crippen molar-refractivity contribution in [2.75, 3.05) is 18.4 Å². The number of carbonyl (C=O) groups is 2. The maximum Gasteiger partial charge on any atom is 0.411 e. The lowest BCUT2D eigenvalue weighted by atomic mass is 9.98. The highest BCUT2D eigenvalue weighted by Gasteiger charge is 2.44. The number of ether oxygens (including phenoxy) is 1. The number of piperidine rings is 1. The highest BCUT2D eigenvalue weighted by atomic mass is 32.1. The van der Waals surface area contributed by atoms with Crippen LogP contribution in [0, 0.1) is 0 Å². The fourth-order valence-corrected chi connectivity index (χ4v) is 4.57. The minimum absolute atomic E-state index is 0.0377. The van der Waals surface area contributed by atoms with E-state index < -0.39 is 0 Å². The van der Waals surface area contributed by atoms with E-state index in [0.717, 1.165) is 18.4 Å². The molecule has 31 heavy (non-hydrogen) atoms. The summed E-state index contributed by atoms with van der Waals surface area (Å²) in [5, 5.41) is 3.01. The summed E-state index contributed by atoms with van der Waals surface area (Å²) in [5.41, 5.74) is 7.79. The normalized spacial score (nSPS) is 21.6. The molecule has 0 saturated carbocycles. The monoisotopic (exact) mass is 438 g/mol. The summed E-state index contributed by atoms with van der Waals surface area (Å²) in [6.07, 6.45) is 0.898. The molecule has 0 aromatic heterocycles. The Hall–Kier alpha value is -3.13. The lowest BCUT2D eigenvalue weighted by Crippen LogP contribution is -2.49. The van der Waals surface area contributed by atoms with Gasteiger partial charge in [0, 0.05) is 30.4 Å². The molecule has 0 bridgehead atoms. The molecule has 2 unspecified atom stereocenters. The van der Waals surface area contributed by atoms with Crippen LogP contribution < -0.4 is 11.1 Å². The van der Waals surface area contributed by atoms with Gasteiger partial charge in [-0.3, -0.25) is 9.69 Å². The first-order chi connectivity index (χ1) is 14.9. The molecule has 2 amide bonds. The Kier molecular flexibility index (Phi) is 6.08. The van der Waals surface area contributed by atoms with E-state index in [0.29, 0.717) is 24.3 Å². The molecule has 4 rings (SSSR count). The van der Waals surface area contributed by atoms with Crippen molar-refractivity contribution < 1.29 is 14.3 Å². The maximum absolute atomic E-state index is 13.0. The zero-order chi connectivity index (χ0) is 22.0. The van der Waals surface area contributed by atoms with Gasteiger partial charge < -0.3 is 20.7 Å². The van der Waals surface area contributed by atoms with E-state index in [-0.39, 0.29) is 35.3 Å². The number of thiocarbonyl (C=S) groups is 1. The number of nitrogens with two attached hydrogens (primary N) is 1. The third-order valence-corrected chi connectivity index (χ3v) is 6.07. The quantitative estimate of drug-likeness (QED) is 0.710. The molecule has 0 radical (unpaired) electrons. The third-order valence-electron chi connectivity index (χ3n) is 5.97. The van der Waals surface area contributed by atoms with Crippen molar-refractivity contribution in [1.82, 2.24) is 9.80 Å². The number of hydrogen-bond acceptors (Lipinski definition) is 4. The third kappa shape index (κ3) is 4.49. The maximum atomic E-state index is 13.0. The van der Waals surface area contributed by atoms with E-state index in [9.17, 15) is 9.59 Å². The molecule has 2 aliphatic heterocycles. The van der Waals surface area contributed by atoms with Crippen LogP contribution in [0.15, 0.2) is 54.6 Å². The first kappa shape index (κ1) is 21.1. The Morgan fingerprint density at radius 3 is 2.52 bits per heavy atom. The van der Waals surface area contributed by atoms with Gasteiger partial charge in [-0.25, -0.2) is 4.79 Å². The summed E-state index contributed by atoms with van der Waals surface area (Å²) in [4.78, 5) is 29.3. The number of likely N-dealkylation sites (tertiary alicyclic amines) is 1. The molecule has 0 spiro atoms. The molecule has 2 heterocycles. The standard InChI is InChI=1S/C23H26N4O3S/c1-15-20(16-6-3-2-4-7-16)30-23(29)27(15)19-10-12-26(13-11-19)21(28)17-8-5-9-18(14-17)25-22(24)31/h2-9,14-15,19-20H,10-13H2,1H3,(H3,24,25,31). The van der Waals surface area contributed by atoms with E-state index in [4.69, 9.17) is 22.7 Å². The van der Waals surface area contributed by atoms with Gasteiger partial charge in [0.25, 0.3) is 5.91 Å². The number of amides is 2. The van der Waals surface area contributed by atoms with E-state index in [2.05, 4.69) is 5.32 Å². The number of benzene rings is 2. The van der Waals surface area contributed by atoms with Gasteiger partial charge in [0.1, 0.15) is 6.10 Å². The van der Waals surface area contributed by atoms with Gasteiger partial charge in [0.2, 0.25) is 0 Å². The van der Waals surface area contributed by atoms with Gasteiger partial charge in [-0.1, -0.05) is 36.4 Å². The van der Waals surface area contributed by atoms with Gasteiger partial charge >= 0.3 is 6.09 Å². The number of hydrogen-bond donors (Lipinski definition) is 2. The first-order valence-corrected chi connectivity index (χ1v) is 10.8. The predicted octanol–water partition coefficient (Wildman–Crippen LogP) is 3.53. The number of nitrogens with zero attached hydrogens (tertiary/aromatic N) is 2. The summed E-state index contributed by atoms with van der Waals surface area (Å²) in [7, 11) is 0. The summed E-state index contributed by atoms with van der Waals surface area (Å²) < 4.78 is 5.69. The van der Waals surface area contributed by atoms with Crippen molar-refractivity contribution >= 4 is 35.0 Å². The second kappa shape index (κ2) is 8.93. The zero-order valence-corrected chi connectivity index (χ0v) is 18.2. The van der Waals surface area contributed by atoms with Crippen molar-refractivity contribution in [2.45, 2.75) is 38.0 Å². The molecule has 162 valence electrons. The smallest absolute Gasteiger partial charge is 0.411 e. The average molecular weight is 439 g/mol. The van der Waals surface area contributed by atoms with Crippen LogP contribution in [0.25, 0.3) is 0 Å². The molecule has 0 aliphatic carbocycles.